The summed E-state index contributed by atoms with van der Waals surface area (Å²) in [5.41, 5.74) is 1.61. The standard InChI is InChI=1S/C19H22ClNO4/c1-4-23-16-9-7-14(11-18(16)24-5-2)21-19(22)12-25-17-10-13(3)6-8-15(17)20/h6-11H,4-5,12H2,1-3H3,(H,21,22). The summed E-state index contributed by atoms with van der Waals surface area (Å²) in [6.45, 7) is 6.63. The Morgan fingerprint density at radius 2 is 1.68 bits per heavy atom. The second kappa shape index (κ2) is 9.18. The van der Waals surface area contributed by atoms with Crippen molar-refractivity contribution in [2.24, 2.45) is 0 Å². The molecule has 0 heterocycles. The lowest BCUT2D eigenvalue weighted by atomic mass is 10.2. The number of carbonyl (C=O) groups is 1. The number of anilines is 1. The van der Waals surface area contributed by atoms with Crippen molar-refractivity contribution < 1.29 is 19.0 Å². The van der Waals surface area contributed by atoms with Crippen molar-refractivity contribution in [3.63, 3.8) is 0 Å². The van der Waals surface area contributed by atoms with Gasteiger partial charge in [0.2, 0.25) is 0 Å². The van der Waals surface area contributed by atoms with Crippen LogP contribution < -0.4 is 19.5 Å². The number of nitrogens with one attached hydrogen (secondary N) is 1. The molecule has 2 aromatic rings. The highest BCUT2D eigenvalue weighted by atomic mass is 35.5. The molecule has 1 amide bonds. The molecule has 0 aliphatic heterocycles. The summed E-state index contributed by atoms with van der Waals surface area (Å²) in [7, 11) is 0. The normalized spacial score (nSPS) is 10.2. The molecule has 0 bridgehead atoms. The Labute approximate surface area is 152 Å². The molecule has 0 radical (unpaired) electrons. The average Bonchev–Trinajstić information content (AvgIpc) is 2.58. The summed E-state index contributed by atoms with van der Waals surface area (Å²) in [4.78, 5) is 12.1. The largest absolute Gasteiger partial charge is 0.490 e. The molecule has 0 atom stereocenters. The van der Waals surface area contributed by atoms with Gasteiger partial charge in [0.25, 0.3) is 5.91 Å². The molecular weight excluding hydrogens is 342 g/mol. The Balaban J connectivity index is 2.00. The number of hydrogen-bond acceptors (Lipinski definition) is 4. The molecule has 5 nitrogen and oxygen atoms in total. The van der Waals surface area contributed by atoms with Gasteiger partial charge in [-0.1, -0.05) is 17.7 Å². The van der Waals surface area contributed by atoms with Gasteiger partial charge in [0.1, 0.15) is 5.75 Å². The first-order chi connectivity index (χ1) is 12.0. The molecule has 134 valence electrons. The average molecular weight is 364 g/mol. The van der Waals surface area contributed by atoms with E-state index in [-0.39, 0.29) is 12.5 Å². The molecule has 0 aliphatic carbocycles. The topological polar surface area (TPSA) is 56.8 Å². The van der Waals surface area contributed by atoms with Crippen LogP contribution in [-0.2, 0) is 4.79 Å². The molecule has 0 fully saturated rings. The van der Waals surface area contributed by atoms with E-state index in [1.165, 1.54) is 0 Å². The van der Waals surface area contributed by atoms with E-state index >= 15 is 0 Å². The van der Waals surface area contributed by atoms with Gasteiger partial charge in [-0.15, -0.1) is 0 Å². The molecule has 0 spiro atoms. The van der Waals surface area contributed by atoms with Crippen molar-refractivity contribution in [3.8, 4) is 17.2 Å². The van der Waals surface area contributed by atoms with Crippen molar-refractivity contribution in [1.82, 2.24) is 0 Å². The zero-order valence-electron chi connectivity index (χ0n) is 14.6. The van der Waals surface area contributed by atoms with Gasteiger partial charge in [-0.05, 0) is 50.6 Å². The van der Waals surface area contributed by atoms with Crippen LogP contribution in [0.15, 0.2) is 36.4 Å². The first-order valence-electron chi connectivity index (χ1n) is 8.12. The van der Waals surface area contributed by atoms with Crippen LogP contribution in [0.5, 0.6) is 17.2 Å². The quantitative estimate of drug-likeness (QED) is 0.752. The van der Waals surface area contributed by atoms with Crippen LogP contribution >= 0.6 is 11.6 Å². The molecule has 6 heteroatoms. The van der Waals surface area contributed by atoms with Crippen LogP contribution in [0.1, 0.15) is 19.4 Å². The number of carbonyl (C=O) groups excluding carboxylic acids is 1. The van der Waals surface area contributed by atoms with Gasteiger partial charge < -0.3 is 19.5 Å². The fourth-order valence-corrected chi connectivity index (χ4v) is 2.36. The third kappa shape index (κ3) is 5.57. The summed E-state index contributed by atoms with van der Waals surface area (Å²) in [5, 5.41) is 3.24. The van der Waals surface area contributed by atoms with Crippen LogP contribution in [0.25, 0.3) is 0 Å². The maximum atomic E-state index is 12.1. The lowest BCUT2D eigenvalue weighted by Gasteiger charge is -2.13. The van der Waals surface area contributed by atoms with E-state index in [0.29, 0.717) is 41.2 Å². The monoisotopic (exact) mass is 363 g/mol. The number of benzene rings is 2. The van der Waals surface area contributed by atoms with Crippen LogP contribution in [0.3, 0.4) is 0 Å². The SMILES string of the molecule is CCOc1ccc(NC(=O)COc2cc(C)ccc2Cl)cc1OCC. The summed E-state index contributed by atoms with van der Waals surface area (Å²) in [6.07, 6.45) is 0. The number of aryl methyl sites for hydroxylation is 1. The predicted molar refractivity (Wildman–Crippen MR) is 99.1 cm³/mol. The summed E-state index contributed by atoms with van der Waals surface area (Å²) in [6, 6.07) is 10.7. The maximum absolute atomic E-state index is 12.1. The minimum Gasteiger partial charge on any atom is -0.490 e. The highest BCUT2D eigenvalue weighted by Gasteiger charge is 2.10. The lowest BCUT2D eigenvalue weighted by molar-refractivity contribution is -0.118. The number of ether oxygens (including phenoxy) is 3. The van der Waals surface area contributed by atoms with Crippen LogP contribution in [0, 0.1) is 6.92 Å². The van der Waals surface area contributed by atoms with E-state index in [4.69, 9.17) is 25.8 Å². The maximum Gasteiger partial charge on any atom is 0.262 e. The van der Waals surface area contributed by atoms with E-state index in [0.717, 1.165) is 5.56 Å². The minimum atomic E-state index is -0.288. The fourth-order valence-electron chi connectivity index (χ4n) is 2.19. The van der Waals surface area contributed by atoms with Crippen molar-refractivity contribution in [2.45, 2.75) is 20.8 Å². The number of halogens is 1. The summed E-state index contributed by atoms with van der Waals surface area (Å²) < 4.78 is 16.5. The molecule has 2 aromatic carbocycles. The van der Waals surface area contributed by atoms with Crippen molar-refractivity contribution in [3.05, 3.63) is 47.0 Å². The van der Waals surface area contributed by atoms with E-state index in [2.05, 4.69) is 5.32 Å². The predicted octanol–water partition coefficient (Wildman–Crippen LogP) is 4.46. The molecule has 1 N–H and O–H groups in total. The van der Waals surface area contributed by atoms with E-state index < -0.39 is 0 Å². The van der Waals surface area contributed by atoms with Gasteiger partial charge in [-0.25, -0.2) is 0 Å². The third-order valence-corrected chi connectivity index (χ3v) is 3.58. The molecule has 0 saturated heterocycles. The van der Waals surface area contributed by atoms with Crippen molar-refractivity contribution >= 4 is 23.2 Å². The number of amides is 1. The van der Waals surface area contributed by atoms with Crippen LogP contribution in [-0.4, -0.2) is 25.7 Å². The van der Waals surface area contributed by atoms with Crippen LogP contribution in [0.4, 0.5) is 5.69 Å². The minimum absolute atomic E-state index is 0.139. The number of rotatable bonds is 8. The Morgan fingerprint density at radius 1 is 0.960 bits per heavy atom. The molecule has 0 aliphatic rings. The van der Waals surface area contributed by atoms with E-state index in [1.54, 1.807) is 30.3 Å². The Morgan fingerprint density at radius 3 is 2.40 bits per heavy atom. The van der Waals surface area contributed by atoms with Gasteiger partial charge in [0.15, 0.2) is 18.1 Å². The molecule has 0 unspecified atom stereocenters. The van der Waals surface area contributed by atoms with Crippen molar-refractivity contribution in [1.29, 1.82) is 0 Å². The van der Waals surface area contributed by atoms with Crippen molar-refractivity contribution in [2.75, 3.05) is 25.1 Å². The molecule has 0 aromatic heterocycles. The van der Waals surface area contributed by atoms with E-state index in [9.17, 15) is 4.79 Å². The fraction of sp³-hybridized carbons (Fsp3) is 0.316. The summed E-state index contributed by atoms with van der Waals surface area (Å²) in [5.74, 6) is 1.43. The zero-order chi connectivity index (χ0) is 18.2. The molecule has 0 saturated carbocycles. The Bertz CT molecular complexity index is 733. The summed E-state index contributed by atoms with van der Waals surface area (Å²) >= 11 is 6.06. The zero-order valence-corrected chi connectivity index (χ0v) is 15.4. The van der Waals surface area contributed by atoms with Gasteiger partial charge >= 0.3 is 0 Å². The van der Waals surface area contributed by atoms with Gasteiger partial charge in [0.05, 0.1) is 18.2 Å². The molecule has 25 heavy (non-hydrogen) atoms. The first-order valence-corrected chi connectivity index (χ1v) is 8.49. The Kier molecular flexibility index (Phi) is 6.95. The second-order valence-electron chi connectivity index (χ2n) is 5.30. The van der Waals surface area contributed by atoms with Gasteiger partial charge in [-0.2, -0.15) is 0 Å². The van der Waals surface area contributed by atoms with E-state index in [1.807, 2.05) is 26.8 Å². The first kappa shape index (κ1) is 18.9. The second-order valence-corrected chi connectivity index (χ2v) is 5.71. The lowest BCUT2D eigenvalue weighted by Crippen LogP contribution is -2.20. The van der Waals surface area contributed by atoms with Gasteiger partial charge in [0, 0.05) is 11.8 Å². The van der Waals surface area contributed by atoms with Gasteiger partial charge in [-0.3, -0.25) is 4.79 Å². The molecular formula is C19H22ClNO4. The van der Waals surface area contributed by atoms with Crippen LogP contribution in [0.2, 0.25) is 5.02 Å². The highest BCUT2D eigenvalue weighted by Crippen LogP contribution is 2.30. The third-order valence-electron chi connectivity index (χ3n) is 3.27. The Hall–Kier alpha value is -2.40. The molecule has 2 rings (SSSR count). The smallest absolute Gasteiger partial charge is 0.262 e. The highest BCUT2D eigenvalue weighted by molar-refractivity contribution is 6.32. The number of hydrogen-bond donors (Lipinski definition) is 1.